The van der Waals surface area contributed by atoms with Crippen molar-refractivity contribution in [2.75, 3.05) is 0 Å². The maximum absolute atomic E-state index is 14.4. The summed E-state index contributed by atoms with van der Waals surface area (Å²) in [6.07, 6.45) is 1.11. The highest BCUT2D eigenvalue weighted by Gasteiger charge is 2.24. The number of rotatable bonds is 8. The van der Waals surface area contributed by atoms with Crippen molar-refractivity contribution in [1.29, 1.82) is 0 Å². The lowest BCUT2D eigenvalue weighted by Gasteiger charge is -2.14. The minimum atomic E-state index is -2.64. The molecule has 0 aliphatic carbocycles. The van der Waals surface area contributed by atoms with Crippen LogP contribution in [0, 0.1) is 13.8 Å². The van der Waals surface area contributed by atoms with Gasteiger partial charge in [0.15, 0.2) is 0 Å². The van der Waals surface area contributed by atoms with Gasteiger partial charge in [0.1, 0.15) is 0 Å². The molecule has 2 aromatic carbocycles. The SMILES string of the molecule is Cc1ccc(C)c(Cn2c(C(F)F)c(CCC(=O)NCc3cccnc3)c3ccccc32)c1. The standard InChI is InChI=1S/C27H27F2N3O/c1-18-9-10-19(2)21(14-18)17-32-24-8-4-3-7-22(24)23(26(32)27(28)29)11-12-25(33)31-16-20-6-5-13-30-15-20/h3-10,13-15,27H,11-12,16-17H2,1-2H3,(H,31,33). The van der Waals surface area contributed by atoms with E-state index in [-0.39, 0.29) is 24.4 Å². The van der Waals surface area contributed by atoms with Crippen LogP contribution in [-0.4, -0.2) is 15.5 Å². The number of carbonyl (C=O) groups is 1. The smallest absolute Gasteiger partial charge is 0.278 e. The van der Waals surface area contributed by atoms with Crippen LogP contribution in [0.4, 0.5) is 8.78 Å². The molecule has 0 unspecified atom stereocenters. The molecule has 0 aliphatic heterocycles. The van der Waals surface area contributed by atoms with Crippen molar-refractivity contribution >= 4 is 16.8 Å². The summed E-state index contributed by atoms with van der Waals surface area (Å²) in [5.41, 5.74) is 5.37. The topological polar surface area (TPSA) is 46.9 Å². The second-order valence-corrected chi connectivity index (χ2v) is 8.34. The number of alkyl halides is 2. The quantitative estimate of drug-likeness (QED) is 0.366. The molecule has 4 aromatic rings. The Bertz CT molecular complexity index is 1270. The van der Waals surface area contributed by atoms with E-state index in [1.807, 2.05) is 62.4 Å². The Balaban J connectivity index is 1.62. The molecule has 0 saturated heterocycles. The zero-order valence-electron chi connectivity index (χ0n) is 18.8. The predicted octanol–water partition coefficient (Wildman–Crippen LogP) is 5.89. The lowest BCUT2D eigenvalue weighted by molar-refractivity contribution is -0.121. The number of nitrogens with zero attached hydrogens (tertiary/aromatic N) is 2. The van der Waals surface area contributed by atoms with Gasteiger partial charge in [0.2, 0.25) is 5.91 Å². The third-order valence-corrected chi connectivity index (χ3v) is 5.97. The number of amides is 1. The van der Waals surface area contributed by atoms with Crippen molar-refractivity contribution in [3.05, 3.63) is 101 Å². The van der Waals surface area contributed by atoms with E-state index < -0.39 is 6.43 Å². The van der Waals surface area contributed by atoms with E-state index in [1.54, 1.807) is 23.0 Å². The van der Waals surface area contributed by atoms with Crippen LogP contribution in [0.3, 0.4) is 0 Å². The van der Waals surface area contributed by atoms with Crippen LogP contribution in [0.2, 0.25) is 0 Å². The molecule has 6 heteroatoms. The molecule has 1 N–H and O–H groups in total. The van der Waals surface area contributed by atoms with Gasteiger partial charge >= 0.3 is 0 Å². The zero-order valence-corrected chi connectivity index (χ0v) is 18.8. The molecule has 0 spiro atoms. The fraction of sp³-hybridized carbons (Fsp3) is 0.259. The normalized spacial score (nSPS) is 11.3. The van der Waals surface area contributed by atoms with E-state index in [9.17, 15) is 13.6 Å². The highest BCUT2D eigenvalue weighted by atomic mass is 19.3. The molecule has 0 aliphatic rings. The fourth-order valence-corrected chi connectivity index (χ4v) is 4.25. The third kappa shape index (κ3) is 5.11. The Morgan fingerprint density at radius 2 is 1.91 bits per heavy atom. The summed E-state index contributed by atoms with van der Waals surface area (Å²) in [5, 5.41) is 3.63. The van der Waals surface area contributed by atoms with Gasteiger partial charge in [-0.15, -0.1) is 0 Å². The number of nitrogens with one attached hydrogen (secondary N) is 1. The minimum absolute atomic E-state index is 0.00262. The molecule has 0 saturated carbocycles. The number of carbonyl (C=O) groups excluding carboxylic acids is 1. The number of hydrogen-bond donors (Lipinski definition) is 1. The zero-order chi connectivity index (χ0) is 23.4. The van der Waals surface area contributed by atoms with E-state index in [2.05, 4.69) is 10.3 Å². The van der Waals surface area contributed by atoms with Crippen LogP contribution in [0.1, 0.15) is 46.4 Å². The molecule has 0 radical (unpaired) electrons. The molecule has 0 fully saturated rings. The summed E-state index contributed by atoms with van der Waals surface area (Å²) in [4.78, 5) is 16.5. The number of aromatic nitrogens is 2. The van der Waals surface area contributed by atoms with Gasteiger partial charge in [0.25, 0.3) is 6.43 Å². The summed E-state index contributed by atoms with van der Waals surface area (Å²) < 4.78 is 30.5. The fourth-order valence-electron chi connectivity index (χ4n) is 4.25. The second kappa shape index (κ2) is 9.94. The first-order chi connectivity index (χ1) is 15.9. The molecular formula is C27H27F2N3O. The van der Waals surface area contributed by atoms with Gasteiger partial charge in [-0.25, -0.2) is 8.78 Å². The van der Waals surface area contributed by atoms with E-state index in [0.29, 0.717) is 18.7 Å². The van der Waals surface area contributed by atoms with Crippen LogP contribution in [-0.2, 0) is 24.3 Å². The average molecular weight is 448 g/mol. The molecule has 4 nitrogen and oxygen atoms in total. The van der Waals surface area contributed by atoms with Crippen LogP contribution in [0.5, 0.6) is 0 Å². The number of fused-ring (bicyclic) bond motifs is 1. The number of para-hydroxylation sites is 1. The van der Waals surface area contributed by atoms with Gasteiger partial charge in [-0.05, 0) is 54.7 Å². The van der Waals surface area contributed by atoms with Crippen LogP contribution < -0.4 is 5.32 Å². The van der Waals surface area contributed by atoms with Gasteiger partial charge in [0.05, 0.1) is 5.69 Å². The maximum Gasteiger partial charge on any atom is 0.278 e. The third-order valence-electron chi connectivity index (χ3n) is 5.97. The highest BCUT2D eigenvalue weighted by Crippen LogP contribution is 2.35. The highest BCUT2D eigenvalue weighted by molar-refractivity contribution is 5.87. The summed E-state index contributed by atoms with van der Waals surface area (Å²) in [7, 11) is 0. The number of halogens is 2. The van der Waals surface area contributed by atoms with Crippen molar-refractivity contribution < 1.29 is 13.6 Å². The predicted molar refractivity (Wildman–Crippen MR) is 126 cm³/mol. The lowest BCUT2D eigenvalue weighted by Crippen LogP contribution is -2.23. The number of pyridine rings is 1. The molecule has 2 heterocycles. The Morgan fingerprint density at radius 3 is 2.67 bits per heavy atom. The summed E-state index contributed by atoms with van der Waals surface area (Å²) in [5.74, 6) is -0.176. The molecule has 4 rings (SSSR count). The molecule has 170 valence electrons. The second-order valence-electron chi connectivity index (χ2n) is 8.34. The Kier molecular flexibility index (Phi) is 6.82. The molecule has 2 aromatic heterocycles. The van der Waals surface area contributed by atoms with Crippen LogP contribution in [0.15, 0.2) is 67.0 Å². The number of aryl methyl sites for hydroxylation is 3. The molecular weight excluding hydrogens is 420 g/mol. The average Bonchev–Trinajstić information content (AvgIpc) is 3.13. The summed E-state index contributed by atoms with van der Waals surface area (Å²) in [6.45, 7) is 4.72. The first-order valence-electron chi connectivity index (χ1n) is 11.0. The van der Waals surface area contributed by atoms with Gasteiger partial charge in [-0.3, -0.25) is 9.78 Å². The molecule has 0 atom stereocenters. The maximum atomic E-state index is 14.4. The number of hydrogen-bond acceptors (Lipinski definition) is 2. The van der Waals surface area contributed by atoms with Crippen molar-refractivity contribution in [2.45, 2.75) is 46.2 Å². The summed E-state index contributed by atoms with van der Waals surface area (Å²) >= 11 is 0. The van der Waals surface area contributed by atoms with Gasteiger partial charge < -0.3 is 9.88 Å². The van der Waals surface area contributed by atoms with Crippen molar-refractivity contribution in [3.8, 4) is 0 Å². The Hall–Kier alpha value is -3.54. The van der Waals surface area contributed by atoms with Crippen LogP contribution >= 0.6 is 0 Å². The lowest BCUT2D eigenvalue weighted by atomic mass is 10.0. The first kappa shape index (κ1) is 22.6. The van der Waals surface area contributed by atoms with Crippen LogP contribution in [0.25, 0.3) is 10.9 Å². The minimum Gasteiger partial charge on any atom is -0.352 e. The van der Waals surface area contributed by atoms with E-state index in [0.717, 1.165) is 33.2 Å². The van der Waals surface area contributed by atoms with Gasteiger partial charge in [-0.1, -0.05) is 48.0 Å². The van der Waals surface area contributed by atoms with Crippen molar-refractivity contribution in [2.24, 2.45) is 0 Å². The molecule has 1 amide bonds. The Morgan fingerprint density at radius 1 is 1.09 bits per heavy atom. The number of benzene rings is 2. The van der Waals surface area contributed by atoms with Gasteiger partial charge in [-0.2, -0.15) is 0 Å². The largest absolute Gasteiger partial charge is 0.352 e. The van der Waals surface area contributed by atoms with Gasteiger partial charge in [0, 0.05) is 42.8 Å². The Labute approximate surface area is 192 Å². The van der Waals surface area contributed by atoms with Crippen molar-refractivity contribution in [3.63, 3.8) is 0 Å². The van der Waals surface area contributed by atoms with E-state index in [4.69, 9.17) is 0 Å². The molecule has 0 bridgehead atoms. The van der Waals surface area contributed by atoms with E-state index in [1.165, 1.54) is 0 Å². The summed E-state index contributed by atoms with van der Waals surface area (Å²) in [6, 6.07) is 17.2. The van der Waals surface area contributed by atoms with Crippen molar-refractivity contribution in [1.82, 2.24) is 14.9 Å². The first-order valence-corrected chi connectivity index (χ1v) is 11.0. The monoisotopic (exact) mass is 447 g/mol. The van der Waals surface area contributed by atoms with E-state index >= 15 is 0 Å². The molecule has 33 heavy (non-hydrogen) atoms.